The number of nitrogens with one attached hydrogen (secondary N) is 1. The van der Waals surface area contributed by atoms with Crippen molar-refractivity contribution in [3.8, 4) is 0 Å². The highest BCUT2D eigenvalue weighted by Crippen LogP contribution is 2.28. The minimum absolute atomic E-state index is 0.231. The molecule has 144 valence electrons. The predicted octanol–water partition coefficient (Wildman–Crippen LogP) is 3.74. The highest BCUT2D eigenvalue weighted by atomic mass is 32.2. The van der Waals surface area contributed by atoms with Gasteiger partial charge in [0.25, 0.3) is 0 Å². The van der Waals surface area contributed by atoms with Crippen LogP contribution in [0.15, 0.2) is 53.4 Å². The van der Waals surface area contributed by atoms with Gasteiger partial charge >= 0.3 is 0 Å². The summed E-state index contributed by atoms with van der Waals surface area (Å²) < 4.78 is 27.5. The largest absolute Gasteiger partial charge is 0.324 e. The quantitative estimate of drug-likeness (QED) is 0.851. The summed E-state index contributed by atoms with van der Waals surface area (Å²) in [7, 11) is -3.70. The van der Waals surface area contributed by atoms with Crippen molar-refractivity contribution in [1.82, 2.24) is 4.31 Å². The molecule has 1 amide bonds. The molecule has 5 nitrogen and oxygen atoms in total. The fourth-order valence-electron chi connectivity index (χ4n) is 3.59. The van der Waals surface area contributed by atoms with Gasteiger partial charge in [-0.25, -0.2) is 8.42 Å². The molecule has 0 aliphatic carbocycles. The average Bonchev–Trinajstić information content (AvgIpc) is 2.70. The van der Waals surface area contributed by atoms with Crippen molar-refractivity contribution >= 4 is 21.6 Å². The average molecular weight is 387 g/mol. The van der Waals surface area contributed by atoms with Gasteiger partial charge in [0.1, 0.15) is 6.04 Å². The lowest BCUT2D eigenvalue weighted by Gasteiger charge is -2.34. The molecule has 0 bridgehead atoms. The highest BCUT2D eigenvalue weighted by Gasteiger charge is 2.37. The molecule has 1 unspecified atom stereocenters. The van der Waals surface area contributed by atoms with Crippen LogP contribution in [0.5, 0.6) is 0 Å². The van der Waals surface area contributed by atoms with Crippen molar-refractivity contribution < 1.29 is 13.2 Å². The molecule has 3 rings (SSSR count). The van der Waals surface area contributed by atoms with Gasteiger partial charge in [0.2, 0.25) is 15.9 Å². The number of benzene rings is 2. The van der Waals surface area contributed by atoms with Crippen molar-refractivity contribution in [1.29, 1.82) is 0 Å². The molecule has 27 heavy (non-hydrogen) atoms. The van der Waals surface area contributed by atoms with Gasteiger partial charge in [-0.2, -0.15) is 4.31 Å². The van der Waals surface area contributed by atoms with E-state index in [1.165, 1.54) is 4.31 Å². The monoisotopic (exact) mass is 386 g/mol. The molecule has 1 aliphatic heterocycles. The SMILES string of the molecule is CCc1cccc(C)c1NC(=O)C1CCCCN1S(=O)(=O)c1ccccc1. The van der Waals surface area contributed by atoms with Gasteiger partial charge in [-0.3, -0.25) is 4.79 Å². The number of carbonyl (C=O) groups is 1. The molecule has 1 saturated heterocycles. The zero-order valence-electron chi connectivity index (χ0n) is 15.8. The summed E-state index contributed by atoms with van der Waals surface area (Å²) in [5.74, 6) is -0.252. The summed E-state index contributed by atoms with van der Waals surface area (Å²) in [6.45, 7) is 4.36. The normalized spacial score (nSPS) is 18.2. The van der Waals surface area contributed by atoms with Crippen LogP contribution in [0, 0.1) is 6.92 Å². The van der Waals surface area contributed by atoms with Crippen molar-refractivity contribution in [2.45, 2.75) is 50.5 Å². The van der Waals surface area contributed by atoms with Crippen LogP contribution in [-0.2, 0) is 21.2 Å². The van der Waals surface area contributed by atoms with Crippen LogP contribution in [0.3, 0.4) is 0 Å². The first-order valence-electron chi connectivity index (χ1n) is 9.41. The molecule has 1 N–H and O–H groups in total. The number of para-hydroxylation sites is 1. The van der Waals surface area contributed by atoms with Crippen LogP contribution in [0.4, 0.5) is 5.69 Å². The van der Waals surface area contributed by atoms with E-state index >= 15 is 0 Å². The third kappa shape index (κ3) is 4.06. The summed E-state index contributed by atoms with van der Waals surface area (Å²) in [6.07, 6.45) is 2.94. The summed E-state index contributed by atoms with van der Waals surface area (Å²) >= 11 is 0. The molecule has 0 radical (unpaired) electrons. The van der Waals surface area contributed by atoms with Gasteiger partial charge in [-0.15, -0.1) is 0 Å². The summed E-state index contributed by atoms with van der Waals surface area (Å²) in [5.41, 5.74) is 2.83. The lowest BCUT2D eigenvalue weighted by atomic mass is 10.0. The van der Waals surface area contributed by atoms with E-state index in [0.29, 0.717) is 13.0 Å². The fraction of sp³-hybridized carbons (Fsp3) is 0.381. The third-order valence-electron chi connectivity index (χ3n) is 5.09. The maximum atomic E-state index is 13.1. The molecule has 6 heteroatoms. The van der Waals surface area contributed by atoms with Gasteiger partial charge in [-0.1, -0.05) is 49.7 Å². The van der Waals surface area contributed by atoms with Gasteiger partial charge < -0.3 is 5.32 Å². The zero-order valence-corrected chi connectivity index (χ0v) is 16.6. The summed E-state index contributed by atoms with van der Waals surface area (Å²) in [6, 6.07) is 13.6. The summed E-state index contributed by atoms with van der Waals surface area (Å²) in [5, 5.41) is 3.01. The van der Waals surface area contributed by atoms with Gasteiger partial charge in [0.05, 0.1) is 4.90 Å². The van der Waals surface area contributed by atoms with Crippen LogP contribution in [0.2, 0.25) is 0 Å². The van der Waals surface area contributed by atoms with Gasteiger partial charge in [0.15, 0.2) is 0 Å². The van der Waals surface area contributed by atoms with Crippen LogP contribution >= 0.6 is 0 Å². The number of aryl methyl sites for hydroxylation is 2. The molecule has 1 aliphatic rings. The maximum absolute atomic E-state index is 13.1. The van der Waals surface area contributed by atoms with Crippen molar-refractivity contribution in [3.05, 3.63) is 59.7 Å². The molecular weight excluding hydrogens is 360 g/mol. The molecule has 1 heterocycles. The first-order valence-corrected chi connectivity index (χ1v) is 10.9. The number of anilines is 1. The Morgan fingerprint density at radius 1 is 1.11 bits per heavy atom. The molecule has 0 saturated carbocycles. The molecule has 2 aromatic rings. The molecule has 1 fully saturated rings. The summed E-state index contributed by atoms with van der Waals surface area (Å²) in [4.78, 5) is 13.3. The number of hydrogen-bond donors (Lipinski definition) is 1. The van der Waals surface area contributed by atoms with E-state index in [4.69, 9.17) is 0 Å². The number of nitrogens with zero attached hydrogens (tertiary/aromatic N) is 1. The van der Waals surface area contributed by atoms with E-state index < -0.39 is 16.1 Å². The number of sulfonamides is 1. The van der Waals surface area contributed by atoms with Crippen LogP contribution in [0.1, 0.15) is 37.3 Å². The number of carbonyl (C=O) groups excluding carboxylic acids is 1. The second-order valence-electron chi connectivity index (χ2n) is 6.89. The van der Waals surface area contributed by atoms with Crippen LogP contribution in [0.25, 0.3) is 0 Å². The lowest BCUT2D eigenvalue weighted by molar-refractivity contribution is -0.120. The van der Waals surface area contributed by atoms with E-state index in [-0.39, 0.29) is 10.8 Å². The second kappa shape index (κ2) is 8.23. The van der Waals surface area contributed by atoms with Crippen molar-refractivity contribution in [2.24, 2.45) is 0 Å². The van der Waals surface area contributed by atoms with E-state index in [2.05, 4.69) is 5.32 Å². The Morgan fingerprint density at radius 2 is 1.85 bits per heavy atom. The van der Waals surface area contributed by atoms with E-state index in [9.17, 15) is 13.2 Å². The van der Waals surface area contributed by atoms with Gasteiger partial charge in [-0.05, 0) is 49.4 Å². The van der Waals surface area contributed by atoms with Crippen molar-refractivity contribution in [2.75, 3.05) is 11.9 Å². The Morgan fingerprint density at radius 3 is 2.56 bits per heavy atom. The Labute approximate surface area is 161 Å². The van der Waals surface area contributed by atoms with E-state index in [1.807, 2.05) is 32.0 Å². The number of amides is 1. The molecule has 0 aromatic heterocycles. The van der Waals surface area contributed by atoms with E-state index in [0.717, 1.165) is 36.1 Å². The molecule has 1 atom stereocenters. The van der Waals surface area contributed by atoms with Crippen LogP contribution < -0.4 is 5.32 Å². The zero-order chi connectivity index (χ0) is 19.4. The van der Waals surface area contributed by atoms with Crippen LogP contribution in [-0.4, -0.2) is 31.2 Å². The Bertz CT molecular complexity index is 910. The Balaban J connectivity index is 1.89. The standard InChI is InChI=1S/C21H26N2O3S/c1-3-17-11-9-10-16(2)20(17)22-21(24)19-14-7-8-15-23(19)27(25,26)18-12-5-4-6-13-18/h4-6,9-13,19H,3,7-8,14-15H2,1-2H3,(H,22,24). The van der Waals surface area contributed by atoms with E-state index in [1.54, 1.807) is 30.3 Å². The predicted molar refractivity (Wildman–Crippen MR) is 107 cm³/mol. The Hall–Kier alpha value is -2.18. The van der Waals surface area contributed by atoms with Crippen molar-refractivity contribution in [3.63, 3.8) is 0 Å². The first-order chi connectivity index (χ1) is 12.9. The Kier molecular flexibility index (Phi) is 5.97. The maximum Gasteiger partial charge on any atom is 0.243 e. The highest BCUT2D eigenvalue weighted by molar-refractivity contribution is 7.89. The molecule has 2 aromatic carbocycles. The number of piperidine rings is 1. The minimum atomic E-state index is -3.70. The fourth-order valence-corrected chi connectivity index (χ4v) is 5.27. The minimum Gasteiger partial charge on any atom is -0.324 e. The smallest absolute Gasteiger partial charge is 0.243 e. The molecular formula is C21H26N2O3S. The number of rotatable bonds is 5. The third-order valence-corrected chi connectivity index (χ3v) is 7.02. The van der Waals surface area contributed by atoms with Gasteiger partial charge in [0, 0.05) is 12.2 Å². The number of hydrogen-bond acceptors (Lipinski definition) is 3. The topological polar surface area (TPSA) is 66.5 Å². The lowest BCUT2D eigenvalue weighted by Crippen LogP contribution is -2.49. The second-order valence-corrected chi connectivity index (χ2v) is 8.78. The first kappa shape index (κ1) is 19.6. The molecule has 0 spiro atoms.